The summed E-state index contributed by atoms with van der Waals surface area (Å²) in [5.74, 6) is -5.69. The summed E-state index contributed by atoms with van der Waals surface area (Å²) >= 11 is 0. The molecule has 1 saturated heterocycles. The third-order valence-corrected chi connectivity index (χ3v) is 11.9. The van der Waals surface area contributed by atoms with Crippen molar-refractivity contribution < 1.29 is 44.0 Å². The van der Waals surface area contributed by atoms with Gasteiger partial charge < -0.3 is 40.3 Å². The Balaban J connectivity index is 2.00. The minimum atomic E-state index is -2.21. The van der Waals surface area contributed by atoms with Crippen LogP contribution in [0.4, 0.5) is 4.79 Å². The van der Waals surface area contributed by atoms with Crippen LogP contribution in [0.3, 0.4) is 0 Å². The molecule has 1 heterocycles. The van der Waals surface area contributed by atoms with Gasteiger partial charge in [-0.05, 0) is 18.4 Å². The number of unbranched alkanes of at least 4 members (excludes halogenated alkanes) is 23. The monoisotopic (exact) mass is 861 g/mol. The number of hydrogen-bond acceptors (Lipinski definition) is 10. The summed E-state index contributed by atoms with van der Waals surface area (Å²) in [4.78, 5) is 54.1. The van der Waals surface area contributed by atoms with E-state index in [9.17, 15) is 34.5 Å². The highest BCUT2D eigenvalue weighted by Crippen LogP contribution is 2.36. The second-order valence-corrected chi connectivity index (χ2v) is 17.1. The molecule has 0 aliphatic carbocycles. The second kappa shape index (κ2) is 33.5. The van der Waals surface area contributed by atoms with Crippen molar-refractivity contribution in [1.82, 2.24) is 15.5 Å². The summed E-state index contributed by atoms with van der Waals surface area (Å²) in [5, 5.41) is 37.1. The molecule has 0 saturated carbocycles. The minimum Gasteiger partial charge on any atom is -0.445 e. The number of amides is 3. The number of benzene rings is 1. The number of hydrogen-bond donors (Lipinski definition) is 6. The number of aliphatic hydroxyl groups is 3. The first-order valence-electron chi connectivity index (χ1n) is 24.1. The number of Topliss-reactive ketones (excluding diaryl/α,β-unsaturated/α-hetero) is 1. The van der Waals surface area contributed by atoms with E-state index >= 15 is 0 Å². The first-order chi connectivity index (χ1) is 29.6. The maximum Gasteiger partial charge on any atom is 0.407 e. The van der Waals surface area contributed by atoms with Crippen LogP contribution in [0, 0.1) is 5.92 Å². The van der Waals surface area contributed by atoms with Gasteiger partial charge >= 0.3 is 6.09 Å². The van der Waals surface area contributed by atoms with Gasteiger partial charge in [-0.15, -0.1) is 0 Å². The number of alkyl carbamates (subject to hydrolysis) is 1. The average molecular weight is 861 g/mol. The maximum atomic E-state index is 14.1. The number of aliphatic hydroxyl groups excluding tert-OH is 3. The first-order valence-corrected chi connectivity index (χ1v) is 24.1. The molecule has 0 radical (unpaired) electrons. The Labute approximate surface area is 367 Å². The van der Waals surface area contributed by atoms with Crippen LogP contribution in [-0.2, 0) is 30.5 Å². The number of rotatable bonds is 36. The SMILES string of the molecule is CCCCCCCCCCCCCCCCCCN(C(=O)CCCCCCCCCCC)[C@]1(N)O[C@H](CO)[C@@H](O)[C@H](O)[C@H]1C(=O)CNC(=O)CNC(=O)OCc1ccccc1. The third-order valence-electron chi connectivity index (χ3n) is 11.9. The summed E-state index contributed by atoms with van der Waals surface area (Å²) in [6.45, 7) is 2.78. The van der Waals surface area contributed by atoms with Gasteiger partial charge in [0.25, 0.3) is 0 Å². The lowest BCUT2D eigenvalue weighted by atomic mass is 9.82. The lowest BCUT2D eigenvalue weighted by Crippen LogP contribution is -2.75. The number of ether oxygens (including phenoxy) is 2. The summed E-state index contributed by atoms with van der Waals surface area (Å²) < 4.78 is 11.2. The number of carbonyl (C=O) groups is 4. The number of nitrogens with two attached hydrogens (primary N) is 1. The van der Waals surface area contributed by atoms with E-state index in [-0.39, 0.29) is 25.5 Å². The normalized spacial score (nSPS) is 20.0. The summed E-state index contributed by atoms with van der Waals surface area (Å²) in [6.07, 6.45) is 23.1. The molecule has 5 atom stereocenters. The topological polar surface area (TPSA) is 201 Å². The van der Waals surface area contributed by atoms with Crippen molar-refractivity contribution in [3.05, 3.63) is 35.9 Å². The van der Waals surface area contributed by atoms with Crippen molar-refractivity contribution in [3.63, 3.8) is 0 Å². The van der Waals surface area contributed by atoms with E-state index in [1.165, 1.54) is 101 Å². The molecule has 0 spiro atoms. The molecule has 13 heteroatoms. The second-order valence-electron chi connectivity index (χ2n) is 17.1. The minimum absolute atomic E-state index is 0.00980. The van der Waals surface area contributed by atoms with Gasteiger partial charge in [-0.2, -0.15) is 0 Å². The molecule has 0 unspecified atom stereocenters. The number of carbonyl (C=O) groups excluding carboxylic acids is 4. The summed E-state index contributed by atoms with van der Waals surface area (Å²) in [5.41, 5.74) is 7.69. The Morgan fingerprint density at radius 2 is 1.15 bits per heavy atom. The molecule has 13 nitrogen and oxygen atoms in total. The lowest BCUT2D eigenvalue weighted by Gasteiger charge is -2.52. The fourth-order valence-electron chi connectivity index (χ4n) is 8.16. The van der Waals surface area contributed by atoms with E-state index < -0.39 is 67.6 Å². The Bertz CT molecular complexity index is 1320. The van der Waals surface area contributed by atoms with Gasteiger partial charge in [0, 0.05) is 13.0 Å². The Hall–Kier alpha value is -3.10. The largest absolute Gasteiger partial charge is 0.445 e. The molecule has 1 aliphatic rings. The van der Waals surface area contributed by atoms with Crippen LogP contribution in [0.15, 0.2) is 30.3 Å². The zero-order valence-electron chi connectivity index (χ0n) is 37.9. The highest BCUT2D eigenvalue weighted by atomic mass is 16.6. The van der Waals surface area contributed by atoms with Crippen LogP contribution in [0.5, 0.6) is 0 Å². The van der Waals surface area contributed by atoms with Gasteiger partial charge in [0.2, 0.25) is 17.7 Å². The molecule has 1 fully saturated rings. The zero-order chi connectivity index (χ0) is 44.6. The van der Waals surface area contributed by atoms with E-state index in [2.05, 4.69) is 24.5 Å². The molecular formula is C48H84N4O9. The van der Waals surface area contributed by atoms with Gasteiger partial charge in [0.15, 0.2) is 5.78 Å². The van der Waals surface area contributed by atoms with Crippen molar-refractivity contribution in [3.8, 4) is 0 Å². The zero-order valence-corrected chi connectivity index (χ0v) is 37.9. The Kier molecular flexibility index (Phi) is 29.6. The van der Waals surface area contributed by atoms with Gasteiger partial charge in [-0.3, -0.25) is 20.1 Å². The molecule has 3 amide bonds. The molecule has 350 valence electrons. The van der Waals surface area contributed by atoms with Crippen molar-refractivity contribution in [2.24, 2.45) is 11.7 Å². The van der Waals surface area contributed by atoms with Crippen molar-refractivity contribution in [2.75, 3.05) is 26.2 Å². The fourth-order valence-corrected chi connectivity index (χ4v) is 8.16. The van der Waals surface area contributed by atoms with Gasteiger partial charge in [-0.25, -0.2) is 4.79 Å². The van der Waals surface area contributed by atoms with Crippen LogP contribution in [-0.4, -0.2) is 94.3 Å². The predicted octanol–water partition coefficient (Wildman–Crippen LogP) is 7.95. The maximum absolute atomic E-state index is 14.1. The third kappa shape index (κ3) is 22.2. The van der Waals surface area contributed by atoms with E-state index in [4.69, 9.17) is 15.2 Å². The molecule has 61 heavy (non-hydrogen) atoms. The van der Waals surface area contributed by atoms with E-state index in [1.807, 2.05) is 18.2 Å². The van der Waals surface area contributed by atoms with Crippen LogP contribution in [0.2, 0.25) is 0 Å². The van der Waals surface area contributed by atoms with Crippen LogP contribution in [0.1, 0.15) is 186 Å². The smallest absolute Gasteiger partial charge is 0.407 e. The highest BCUT2D eigenvalue weighted by Gasteiger charge is 2.58. The van der Waals surface area contributed by atoms with Gasteiger partial charge in [-0.1, -0.05) is 192 Å². The van der Waals surface area contributed by atoms with E-state index in [0.29, 0.717) is 12.8 Å². The first kappa shape index (κ1) is 54.0. The fraction of sp³-hybridized carbons (Fsp3) is 0.792. The molecule has 1 aromatic carbocycles. The van der Waals surface area contributed by atoms with E-state index in [0.717, 1.165) is 56.9 Å². The van der Waals surface area contributed by atoms with Gasteiger partial charge in [0.05, 0.1) is 19.3 Å². The van der Waals surface area contributed by atoms with Crippen LogP contribution < -0.4 is 16.4 Å². The Morgan fingerprint density at radius 3 is 1.64 bits per heavy atom. The highest BCUT2D eigenvalue weighted by molar-refractivity contribution is 5.90. The summed E-state index contributed by atoms with van der Waals surface area (Å²) in [7, 11) is 0. The molecule has 2 rings (SSSR count). The molecule has 7 N–H and O–H groups in total. The number of nitrogens with one attached hydrogen (secondary N) is 2. The quantitative estimate of drug-likeness (QED) is 0.0284. The number of ketones is 1. The molecule has 0 bridgehead atoms. The molecule has 1 aromatic rings. The molecule has 1 aliphatic heterocycles. The lowest BCUT2D eigenvalue weighted by molar-refractivity contribution is -0.291. The number of nitrogens with zero attached hydrogens (tertiary/aromatic N) is 1. The van der Waals surface area contributed by atoms with E-state index in [1.54, 1.807) is 12.1 Å². The van der Waals surface area contributed by atoms with Crippen molar-refractivity contribution >= 4 is 23.7 Å². The van der Waals surface area contributed by atoms with Crippen molar-refractivity contribution in [1.29, 1.82) is 0 Å². The molecular weight excluding hydrogens is 777 g/mol. The average Bonchev–Trinajstić information content (AvgIpc) is 3.26. The molecule has 0 aromatic heterocycles. The Morgan fingerprint density at radius 1 is 0.672 bits per heavy atom. The summed E-state index contributed by atoms with van der Waals surface area (Å²) in [6, 6.07) is 9.04. The predicted molar refractivity (Wildman–Crippen MR) is 240 cm³/mol. The van der Waals surface area contributed by atoms with Crippen LogP contribution in [0.25, 0.3) is 0 Å². The van der Waals surface area contributed by atoms with Crippen molar-refractivity contribution in [2.45, 2.75) is 212 Å². The standard InChI is InChI=1S/C48H84N4O9/c1-3-5-7-9-11-13-14-15-16-17-18-19-21-23-25-30-34-52(43(56)33-29-24-22-20-12-10-8-6-4-2)48(49)44(46(58)45(57)41(37-53)61-48)40(54)35-50-42(55)36-51-47(59)60-38-39-31-27-26-28-32-39/h26-28,31-32,41,44-46,53,57-58H,3-25,29-30,33-38,49H2,1-2H3,(H,50,55)(H,51,59)/t41-,44-,45-,46-,48+/m1/s1. The van der Waals surface area contributed by atoms with Crippen LogP contribution >= 0.6 is 0 Å². The van der Waals surface area contributed by atoms with Gasteiger partial charge in [0.1, 0.15) is 31.3 Å².